The Balaban J connectivity index is 1.91. The molecule has 0 radical (unpaired) electrons. The highest BCUT2D eigenvalue weighted by atomic mass is 32.1. The number of anilines is 1. The lowest BCUT2D eigenvalue weighted by Crippen LogP contribution is -2.41. The molecule has 0 aromatic carbocycles. The summed E-state index contributed by atoms with van der Waals surface area (Å²) in [5.74, 6) is -1.16. The topological polar surface area (TPSA) is 87.2 Å². The van der Waals surface area contributed by atoms with E-state index in [0.29, 0.717) is 18.2 Å². The molecule has 0 unspecified atom stereocenters. The number of hydrogen-bond donors (Lipinski definition) is 2. The Morgan fingerprint density at radius 1 is 1.41 bits per heavy atom. The maximum absolute atomic E-state index is 11.8. The maximum Gasteiger partial charge on any atom is 0.315 e. The molecule has 1 fully saturated rings. The number of carbonyl (C=O) groups is 2. The van der Waals surface area contributed by atoms with E-state index in [1.807, 2.05) is 0 Å². The smallest absolute Gasteiger partial charge is 0.315 e. The van der Waals surface area contributed by atoms with Crippen molar-refractivity contribution >= 4 is 28.3 Å². The molecule has 2 amide bonds. The molecule has 8 heteroatoms. The average Bonchev–Trinajstić information content (AvgIpc) is 2.68. The quantitative estimate of drug-likeness (QED) is 0.648. The molecule has 7 nitrogen and oxygen atoms in total. The molecule has 1 aliphatic rings. The first-order valence-corrected chi connectivity index (χ1v) is 6.22. The highest BCUT2D eigenvalue weighted by molar-refractivity contribution is 7.13. The number of carbonyl (C=O) groups excluding carboxylic acids is 2. The number of hydrogen-bond acceptors (Lipinski definition) is 6. The van der Waals surface area contributed by atoms with Gasteiger partial charge in [0.25, 0.3) is 0 Å². The number of nitrogens with one attached hydrogen (secondary N) is 2. The van der Waals surface area contributed by atoms with Gasteiger partial charge in [-0.2, -0.15) is 0 Å². The maximum atomic E-state index is 11.8. The lowest BCUT2D eigenvalue weighted by Gasteiger charge is -2.18. The van der Waals surface area contributed by atoms with Crippen LogP contribution in [-0.4, -0.2) is 53.1 Å². The van der Waals surface area contributed by atoms with Crippen LogP contribution in [-0.2, 0) is 9.59 Å². The standard InChI is InChI=1S/C9H13N5O2S/c15-7(12-9-13-11-6-17-9)8(16)14-4-1-2-10-3-5-14/h6,10H,1-5H2,(H,12,13,15). The van der Waals surface area contributed by atoms with Gasteiger partial charge < -0.3 is 10.2 Å². The predicted octanol–water partition coefficient (Wildman–Crippen LogP) is -0.702. The van der Waals surface area contributed by atoms with E-state index in [4.69, 9.17) is 0 Å². The molecule has 92 valence electrons. The molecular weight excluding hydrogens is 242 g/mol. The summed E-state index contributed by atoms with van der Waals surface area (Å²) in [4.78, 5) is 25.0. The normalized spacial score (nSPS) is 16.4. The van der Waals surface area contributed by atoms with Crippen molar-refractivity contribution in [2.24, 2.45) is 0 Å². The molecule has 2 heterocycles. The molecule has 1 saturated heterocycles. The Kier molecular flexibility index (Phi) is 3.99. The van der Waals surface area contributed by atoms with Gasteiger partial charge in [0.2, 0.25) is 5.13 Å². The fourth-order valence-corrected chi connectivity index (χ4v) is 2.01. The van der Waals surface area contributed by atoms with E-state index in [9.17, 15) is 9.59 Å². The van der Waals surface area contributed by atoms with Gasteiger partial charge >= 0.3 is 11.8 Å². The second-order valence-corrected chi connectivity index (χ2v) is 4.43. The zero-order valence-corrected chi connectivity index (χ0v) is 10.00. The van der Waals surface area contributed by atoms with Gasteiger partial charge in [0.1, 0.15) is 5.51 Å². The first-order valence-electron chi connectivity index (χ1n) is 5.34. The Morgan fingerprint density at radius 2 is 2.29 bits per heavy atom. The molecule has 1 aromatic rings. The Morgan fingerprint density at radius 3 is 3.06 bits per heavy atom. The fourth-order valence-electron chi connectivity index (χ4n) is 1.57. The van der Waals surface area contributed by atoms with E-state index in [0.717, 1.165) is 19.5 Å². The van der Waals surface area contributed by atoms with Crippen molar-refractivity contribution in [3.8, 4) is 0 Å². The van der Waals surface area contributed by atoms with Crippen LogP contribution in [0.4, 0.5) is 5.13 Å². The van der Waals surface area contributed by atoms with Crippen LogP contribution in [0.25, 0.3) is 0 Å². The van der Waals surface area contributed by atoms with Crippen molar-refractivity contribution in [3.63, 3.8) is 0 Å². The van der Waals surface area contributed by atoms with Gasteiger partial charge in [0.05, 0.1) is 0 Å². The van der Waals surface area contributed by atoms with Crippen LogP contribution in [0.2, 0.25) is 0 Å². The number of rotatable bonds is 1. The van der Waals surface area contributed by atoms with Crippen LogP contribution in [0.3, 0.4) is 0 Å². The second kappa shape index (κ2) is 5.69. The summed E-state index contributed by atoms with van der Waals surface area (Å²) in [7, 11) is 0. The zero-order chi connectivity index (χ0) is 12.1. The van der Waals surface area contributed by atoms with E-state index < -0.39 is 11.8 Å². The van der Waals surface area contributed by atoms with E-state index >= 15 is 0 Å². The van der Waals surface area contributed by atoms with E-state index in [2.05, 4.69) is 20.8 Å². The van der Waals surface area contributed by atoms with Crippen molar-refractivity contribution in [2.45, 2.75) is 6.42 Å². The second-order valence-electron chi connectivity index (χ2n) is 3.59. The van der Waals surface area contributed by atoms with Gasteiger partial charge in [-0.1, -0.05) is 11.3 Å². The van der Waals surface area contributed by atoms with Gasteiger partial charge in [-0.15, -0.1) is 10.2 Å². The predicted molar refractivity (Wildman–Crippen MR) is 62.6 cm³/mol. The molecular formula is C9H13N5O2S. The molecule has 0 bridgehead atoms. The summed E-state index contributed by atoms with van der Waals surface area (Å²) in [5.41, 5.74) is 1.50. The summed E-state index contributed by atoms with van der Waals surface area (Å²) in [5, 5.41) is 13.2. The summed E-state index contributed by atoms with van der Waals surface area (Å²) < 4.78 is 0. The lowest BCUT2D eigenvalue weighted by atomic mass is 10.3. The number of amides is 2. The molecule has 17 heavy (non-hydrogen) atoms. The third-order valence-corrected chi connectivity index (χ3v) is 3.01. The van der Waals surface area contributed by atoms with Gasteiger partial charge in [-0.05, 0) is 13.0 Å². The molecule has 2 N–H and O–H groups in total. The van der Waals surface area contributed by atoms with Crippen LogP contribution < -0.4 is 10.6 Å². The monoisotopic (exact) mass is 255 g/mol. The molecule has 0 aliphatic carbocycles. The molecule has 0 saturated carbocycles. The van der Waals surface area contributed by atoms with Crippen molar-refractivity contribution < 1.29 is 9.59 Å². The minimum absolute atomic E-state index is 0.344. The average molecular weight is 255 g/mol. The first kappa shape index (κ1) is 11.9. The fraction of sp³-hybridized carbons (Fsp3) is 0.556. The minimum Gasteiger partial charge on any atom is -0.333 e. The van der Waals surface area contributed by atoms with Crippen molar-refractivity contribution in [2.75, 3.05) is 31.5 Å². The molecule has 1 aromatic heterocycles. The van der Waals surface area contributed by atoms with Gasteiger partial charge in [-0.25, -0.2) is 0 Å². The summed E-state index contributed by atoms with van der Waals surface area (Å²) >= 11 is 1.18. The largest absolute Gasteiger partial charge is 0.333 e. The molecule has 0 spiro atoms. The molecule has 2 rings (SSSR count). The zero-order valence-electron chi connectivity index (χ0n) is 9.18. The Labute approximate surface area is 102 Å². The summed E-state index contributed by atoms with van der Waals surface area (Å²) in [6, 6.07) is 0. The van der Waals surface area contributed by atoms with Gasteiger partial charge in [0.15, 0.2) is 0 Å². The van der Waals surface area contributed by atoms with E-state index in [1.54, 1.807) is 4.90 Å². The van der Waals surface area contributed by atoms with Gasteiger partial charge in [0, 0.05) is 19.6 Å². The Hall–Kier alpha value is -1.54. The minimum atomic E-state index is -0.649. The molecule has 1 aliphatic heterocycles. The highest BCUT2D eigenvalue weighted by Gasteiger charge is 2.23. The van der Waals surface area contributed by atoms with Crippen LogP contribution in [0.5, 0.6) is 0 Å². The first-order chi connectivity index (χ1) is 8.27. The van der Waals surface area contributed by atoms with Crippen molar-refractivity contribution in [3.05, 3.63) is 5.51 Å². The number of aromatic nitrogens is 2. The van der Waals surface area contributed by atoms with E-state index in [-0.39, 0.29) is 0 Å². The third kappa shape index (κ3) is 3.21. The summed E-state index contributed by atoms with van der Waals surface area (Å²) in [6.45, 7) is 2.76. The van der Waals surface area contributed by atoms with Crippen LogP contribution in [0.15, 0.2) is 5.51 Å². The van der Waals surface area contributed by atoms with Crippen molar-refractivity contribution in [1.29, 1.82) is 0 Å². The number of nitrogens with zero attached hydrogens (tertiary/aromatic N) is 3. The SMILES string of the molecule is O=C(Nc1nncs1)C(=O)N1CCCNCC1. The lowest BCUT2D eigenvalue weighted by molar-refractivity contribution is -0.143. The molecule has 0 atom stereocenters. The van der Waals surface area contributed by atoms with Crippen LogP contribution >= 0.6 is 11.3 Å². The Bertz CT molecular complexity index is 386. The van der Waals surface area contributed by atoms with Crippen LogP contribution in [0, 0.1) is 0 Å². The van der Waals surface area contributed by atoms with E-state index in [1.165, 1.54) is 16.8 Å². The highest BCUT2D eigenvalue weighted by Crippen LogP contribution is 2.08. The van der Waals surface area contributed by atoms with Crippen LogP contribution in [0.1, 0.15) is 6.42 Å². The third-order valence-electron chi connectivity index (χ3n) is 2.40. The van der Waals surface area contributed by atoms with Gasteiger partial charge in [-0.3, -0.25) is 14.9 Å². The van der Waals surface area contributed by atoms with Crippen molar-refractivity contribution in [1.82, 2.24) is 20.4 Å². The summed E-state index contributed by atoms with van der Waals surface area (Å²) in [6.07, 6.45) is 0.859.